The average Bonchev–Trinajstić information content (AvgIpc) is 3.63. The number of hydrogen-bond donors (Lipinski definition) is 3. The van der Waals surface area contributed by atoms with Gasteiger partial charge in [0.1, 0.15) is 11.3 Å². The van der Waals surface area contributed by atoms with Gasteiger partial charge in [0.2, 0.25) is 5.95 Å². The van der Waals surface area contributed by atoms with Crippen molar-refractivity contribution in [2.24, 2.45) is 0 Å². The lowest BCUT2D eigenvalue weighted by Crippen LogP contribution is -2.51. The van der Waals surface area contributed by atoms with Gasteiger partial charge in [0.25, 0.3) is 0 Å². The van der Waals surface area contributed by atoms with E-state index >= 15 is 0 Å². The molecule has 4 aromatic rings. The van der Waals surface area contributed by atoms with E-state index in [0.717, 1.165) is 64.9 Å². The number of amides is 2. The highest BCUT2D eigenvalue weighted by molar-refractivity contribution is 6.01. The number of nitrogens with zero attached hydrogens (tertiary/aromatic N) is 5. The van der Waals surface area contributed by atoms with Crippen LogP contribution in [0, 0.1) is 6.92 Å². The predicted molar refractivity (Wildman–Crippen MR) is 143 cm³/mol. The SMILES string of the molecule is Cc1cccc2cnc(Nc3cc(NC(=O)N4CCN(C(C)C)CC4)c4nc(C5CC5)[nH]c4c3)nc12. The molecule has 6 rings (SSSR count). The molecule has 2 aliphatic rings. The van der Waals surface area contributed by atoms with Crippen molar-refractivity contribution < 1.29 is 4.79 Å². The van der Waals surface area contributed by atoms with Gasteiger partial charge in [-0.25, -0.2) is 19.7 Å². The zero-order valence-corrected chi connectivity index (χ0v) is 21.0. The van der Waals surface area contributed by atoms with E-state index in [4.69, 9.17) is 9.97 Å². The maximum absolute atomic E-state index is 13.2. The average molecular weight is 485 g/mol. The molecule has 2 aromatic heterocycles. The second-order valence-electron chi connectivity index (χ2n) is 10.2. The molecule has 2 amide bonds. The van der Waals surface area contributed by atoms with Crippen LogP contribution in [0.5, 0.6) is 0 Å². The first-order valence-electron chi connectivity index (χ1n) is 12.8. The number of para-hydroxylation sites is 1. The predicted octanol–water partition coefficient (Wildman–Crippen LogP) is 4.99. The van der Waals surface area contributed by atoms with E-state index in [-0.39, 0.29) is 6.03 Å². The number of anilines is 3. The Balaban J connectivity index is 1.29. The highest BCUT2D eigenvalue weighted by Gasteiger charge is 2.28. The molecule has 0 radical (unpaired) electrons. The lowest BCUT2D eigenvalue weighted by molar-refractivity contribution is 0.125. The van der Waals surface area contributed by atoms with Crippen molar-refractivity contribution in [3.05, 3.63) is 47.9 Å². The molecule has 0 spiro atoms. The second kappa shape index (κ2) is 9.05. The summed E-state index contributed by atoms with van der Waals surface area (Å²) in [5.41, 5.74) is 5.17. The largest absolute Gasteiger partial charge is 0.342 e. The van der Waals surface area contributed by atoms with Crippen LogP contribution in [0.4, 0.5) is 22.1 Å². The molecule has 9 heteroatoms. The van der Waals surface area contributed by atoms with Gasteiger partial charge in [0, 0.05) is 55.4 Å². The molecule has 1 saturated carbocycles. The molecule has 1 aliphatic heterocycles. The van der Waals surface area contributed by atoms with Crippen molar-refractivity contribution in [1.82, 2.24) is 29.7 Å². The smallest absolute Gasteiger partial charge is 0.321 e. The molecule has 0 unspecified atom stereocenters. The third kappa shape index (κ3) is 4.46. The fourth-order valence-electron chi connectivity index (χ4n) is 4.88. The first-order chi connectivity index (χ1) is 17.4. The molecule has 2 fully saturated rings. The molecule has 3 heterocycles. The number of fused-ring (bicyclic) bond motifs is 2. The Bertz CT molecular complexity index is 1430. The normalized spacial score (nSPS) is 16.7. The topological polar surface area (TPSA) is 102 Å². The van der Waals surface area contributed by atoms with Crippen molar-refractivity contribution in [3.8, 4) is 0 Å². The van der Waals surface area contributed by atoms with Crippen LogP contribution in [-0.2, 0) is 0 Å². The monoisotopic (exact) mass is 484 g/mol. The van der Waals surface area contributed by atoms with E-state index in [1.165, 1.54) is 0 Å². The van der Waals surface area contributed by atoms with Gasteiger partial charge in [-0.2, -0.15) is 0 Å². The van der Waals surface area contributed by atoms with Gasteiger partial charge in [-0.3, -0.25) is 4.90 Å². The molecule has 36 heavy (non-hydrogen) atoms. The molecule has 0 bridgehead atoms. The van der Waals surface area contributed by atoms with Crippen LogP contribution in [0.15, 0.2) is 36.5 Å². The Hall–Kier alpha value is -3.72. The van der Waals surface area contributed by atoms with Crippen molar-refractivity contribution in [3.63, 3.8) is 0 Å². The summed E-state index contributed by atoms with van der Waals surface area (Å²) in [7, 11) is 0. The van der Waals surface area contributed by atoms with E-state index in [1.54, 1.807) is 0 Å². The number of imidazole rings is 1. The highest BCUT2D eigenvalue weighted by atomic mass is 16.2. The van der Waals surface area contributed by atoms with Crippen molar-refractivity contribution >= 4 is 45.3 Å². The number of hydrogen-bond acceptors (Lipinski definition) is 6. The Morgan fingerprint density at radius 3 is 2.64 bits per heavy atom. The molecule has 1 saturated heterocycles. The van der Waals surface area contributed by atoms with Gasteiger partial charge in [0.15, 0.2) is 0 Å². The fraction of sp³-hybridized carbons (Fsp3) is 0.407. The van der Waals surface area contributed by atoms with Crippen molar-refractivity contribution in [1.29, 1.82) is 0 Å². The number of urea groups is 1. The molecule has 2 aromatic carbocycles. The minimum atomic E-state index is -0.0922. The molecular formula is C27H32N8O. The summed E-state index contributed by atoms with van der Waals surface area (Å²) < 4.78 is 0. The number of H-pyrrole nitrogens is 1. The van der Waals surface area contributed by atoms with Crippen LogP contribution >= 0.6 is 0 Å². The number of nitrogens with one attached hydrogen (secondary N) is 3. The summed E-state index contributed by atoms with van der Waals surface area (Å²) in [5.74, 6) is 1.98. The van der Waals surface area contributed by atoms with Gasteiger partial charge in [0.05, 0.1) is 16.7 Å². The second-order valence-corrected chi connectivity index (χ2v) is 10.2. The Labute approximate surface area is 210 Å². The van der Waals surface area contributed by atoms with Crippen LogP contribution in [0.1, 0.15) is 44.0 Å². The first-order valence-corrected chi connectivity index (χ1v) is 12.8. The molecule has 9 nitrogen and oxygen atoms in total. The van der Waals surface area contributed by atoms with Crippen molar-refractivity contribution in [2.75, 3.05) is 36.8 Å². The molecule has 0 atom stereocenters. The number of aryl methyl sites for hydroxylation is 1. The maximum atomic E-state index is 13.2. The quantitative estimate of drug-likeness (QED) is 0.369. The summed E-state index contributed by atoms with van der Waals surface area (Å²) >= 11 is 0. The standard InChI is InChI=1S/C27H32N8O/c1-16(2)34-9-11-35(12-10-34)27(36)31-22-14-20(13-21-24(22)32-25(30-21)18-7-8-18)29-26-28-15-19-6-4-5-17(3)23(19)33-26/h4-6,13-16,18H,7-12H2,1-3H3,(H,30,32)(H,31,36)(H,28,29,33). The van der Waals surface area contributed by atoms with Crippen molar-refractivity contribution in [2.45, 2.75) is 45.6 Å². The van der Waals surface area contributed by atoms with Gasteiger partial charge < -0.3 is 20.5 Å². The molecular weight excluding hydrogens is 452 g/mol. The highest BCUT2D eigenvalue weighted by Crippen LogP contribution is 2.40. The molecule has 3 N–H and O–H groups in total. The van der Waals surface area contributed by atoms with Crippen LogP contribution in [0.25, 0.3) is 21.9 Å². The van der Waals surface area contributed by atoms with Crippen LogP contribution in [0.3, 0.4) is 0 Å². The number of carbonyl (C=O) groups excluding carboxylic acids is 1. The summed E-state index contributed by atoms with van der Waals surface area (Å²) in [6.07, 6.45) is 4.13. The van der Waals surface area contributed by atoms with E-state index in [9.17, 15) is 4.79 Å². The van der Waals surface area contributed by atoms with E-state index < -0.39 is 0 Å². The van der Waals surface area contributed by atoms with Gasteiger partial charge >= 0.3 is 6.03 Å². The lowest BCUT2D eigenvalue weighted by atomic mass is 10.1. The van der Waals surface area contributed by atoms with Gasteiger partial charge in [-0.15, -0.1) is 0 Å². The molecule has 186 valence electrons. The Kier molecular flexibility index (Phi) is 5.72. The summed E-state index contributed by atoms with van der Waals surface area (Å²) in [6.45, 7) is 9.63. The first kappa shape index (κ1) is 22.7. The third-order valence-corrected chi connectivity index (χ3v) is 7.21. The summed E-state index contributed by atoms with van der Waals surface area (Å²) in [6, 6.07) is 10.4. The molecule has 1 aliphatic carbocycles. The Morgan fingerprint density at radius 2 is 1.89 bits per heavy atom. The van der Waals surface area contributed by atoms with E-state index in [1.807, 2.05) is 48.4 Å². The van der Waals surface area contributed by atoms with Gasteiger partial charge in [-0.1, -0.05) is 18.2 Å². The number of piperazine rings is 1. The number of aromatic nitrogens is 4. The van der Waals surface area contributed by atoms with E-state index in [0.29, 0.717) is 36.7 Å². The fourth-order valence-corrected chi connectivity index (χ4v) is 4.88. The van der Waals surface area contributed by atoms with Crippen LogP contribution in [0.2, 0.25) is 0 Å². The lowest BCUT2D eigenvalue weighted by Gasteiger charge is -2.36. The van der Waals surface area contributed by atoms with Crippen LogP contribution < -0.4 is 10.6 Å². The zero-order chi connectivity index (χ0) is 24.8. The number of rotatable bonds is 5. The Morgan fingerprint density at radius 1 is 1.08 bits per heavy atom. The van der Waals surface area contributed by atoms with Gasteiger partial charge in [-0.05, 0) is 51.3 Å². The number of aromatic amines is 1. The van der Waals surface area contributed by atoms with E-state index in [2.05, 4.69) is 39.3 Å². The summed E-state index contributed by atoms with van der Waals surface area (Å²) in [4.78, 5) is 35.0. The third-order valence-electron chi connectivity index (χ3n) is 7.21. The zero-order valence-electron chi connectivity index (χ0n) is 21.0. The van der Waals surface area contributed by atoms with Crippen LogP contribution in [-0.4, -0.2) is 68.0 Å². The minimum absolute atomic E-state index is 0.0922. The number of carbonyl (C=O) groups is 1. The minimum Gasteiger partial charge on any atom is -0.342 e. The number of benzene rings is 2. The maximum Gasteiger partial charge on any atom is 0.321 e. The summed E-state index contributed by atoms with van der Waals surface area (Å²) in [5, 5.41) is 7.48.